The van der Waals surface area contributed by atoms with Crippen LogP contribution in [0.4, 0.5) is 9.70 Å². The molecule has 0 radical (unpaired) electrons. The zero-order chi connectivity index (χ0) is 15.6. The van der Waals surface area contributed by atoms with Crippen LogP contribution in [0.2, 0.25) is 0 Å². The highest BCUT2D eigenvalue weighted by molar-refractivity contribution is 7.98. The van der Waals surface area contributed by atoms with Gasteiger partial charge in [-0.1, -0.05) is 11.8 Å². The first-order chi connectivity index (χ1) is 9.84. The molecule has 1 unspecified atom stereocenters. The monoisotopic (exact) mass is 330 g/mol. The van der Waals surface area contributed by atoms with Crippen molar-refractivity contribution < 1.29 is 17.1 Å². The summed E-state index contributed by atoms with van der Waals surface area (Å²) in [5, 5.41) is 9.44. The molecule has 1 aromatic heterocycles. The highest BCUT2D eigenvalue weighted by Crippen LogP contribution is 2.28. The zero-order valence-electron chi connectivity index (χ0n) is 11.0. The third-order valence-electron chi connectivity index (χ3n) is 2.95. The van der Waals surface area contributed by atoms with Crippen LogP contribution in [0.1, 0.15) is 12.0 Å². The van der Waals surface area contributed by atoms with Crippen LogP contribution in [-0.2, 0) is 15.0 Å². The molecule has 1 aliphatic heterocycles. The minimum atomic E-state index is -4.65. The summed E-state index contributed by atoms with van der Waals surface area (Å²) >= 11 is 1.25. The second kappa shape index (κ2) is 5.95. The number of hydrogen-bond donors (Lipinski definition) is 0. The lowest BCUT2D eigenvalue weighted by Gasteiger charge is -2.16. The number of nitrogens with zero attached hydrogens (tertiary/aromatic N) is 4. The van der Waals surface area contributed by atoms with Crippen molar-refractivity contribution in [3.05, 3.63) is 11.8 Å². The van der Waals surface area contributed by atoms with E-state index in [1.165, 1.54) is 22.9 Å². The Hall–Kier alpha value is -1.73. The Morgan fingerprint density at radius 1 is 1.62 bits per heavy atom. The van der Waals surface area contributed by atoms with Gasteiger partial charge >= 0.3 is 10.2 Å². The van der Waals surface area contributed by atoms with Crippen molar-refractivity contribution in [2.75, 3.05) is 23.5 Å². The van der Waals surface area contributed by atoms with Crippen LogP contribution in [0.5, 0.6) is 0 Å². The average molecular weight is 330 g/mol. The highest BCUT2D eigenvalue weighted by Gasteiger charge is 2.35. The van der Waals surface area contributed by atoms with Gasteiger partial charge in [-0.2, -0.15) is 13.7 Å². The maximum Gasteiger partial charge on any atom is 0.302 e. The summed E-state index contributed by atoms with van der Waals surface area (Å²) in [6.45, 7) is 0.0154. The molecule has 1 saturated heterocycles. The molecule has 10 heteroatoms. The van der Waals surface area contributed by atoms with Crippen molar-refractivity contribution in [3.8, 4) is 6.07 Å². The zero-order valence-corrected chi connectivity index (χ0v) is 12.6. The highest BCUT2D eigenvalue weighted by atomic mass is 32.3. The third kappa shape index (κ3) is 3.68. The molecule has 21 heavy (non-hydrogen) atoms. The van der Waals surface area contributed by atoms with Gasteiger partial charge in [-0.15, -0.1) is 3.89 Å². The number of hydrogen-bond acceptors (Lipinski definition) is 7. The molecule has 0 aromatic carbocycles. The van der Waals surface area contributed by atoms with Crippen molar-refractivity contribution in [1.29, 1.82) is 5.26 Å². The number of carbonyl (C=O) groups excluding carboxylic acids is 1. The summed E-state index contributed by atoms with van der Waals surface area (Å²) in [5.74, 6) is -1.60. The molecule has 112 valence electrons. The van der Waals surface area contributed by atoms with Crippen LogP contribution in [0, 0.1) is 17.2 Å². The van der Waals surface area contributed by atoms with Crippen molar-refractivity contribution >= 4 is 33.7 Å². The lowest BCUT2D eigenvalue weighted by Crippen LogP contribution is -2.27. The Balaban J connectivity index is 2.30. The van der Waals surface area contributed by atoms with Gasteiger partial charge in [0.05, 0.1) is 11.9 Å². The van der Waals surface area contributed by atoms with E-state index in [4.69, 9.17) is 5.26 Å². The summed E-state index contributed by atoms with van der Waals surface area (Å²) in [6.07, 6.45) is 2.96. The van der Waals surface area contributed by atoms with Crippen LogP contribution in [-0.4, -0.2) is 42.8 Å². The molecule has 0 N–H and O–H groups in total. The first kappa shape index (κ1) is 15.7. The van der Waals surface area contributed by atoms with Crippen LogP contribution < -0.4 is 4.90 Å². The molecule has 1 aliphatic rings. The van der Waals surface area contributed by atoms with Crippen molar-refractivity contribution in [3.63, 3.8) is 0 Å². The van der Waals surface area contributed by atoms with Gasteiger partial charge in [0, 0.05) is 18.9 Å². The molecule has 2 heterocycles. The Labute approximate surface area is 125 Å². The Bertz CT molecular complexity index is 717. The van der Waals surface area contributed by atoms with Crippen molar-refractivity contribution in [2.45, 2.75) is 11.6 Å². The predicted octanol–water partition coefficient (Wildman–Crippen LogP) is 0.722. The minimum Gasteiger partial charge on any atom is -0.295 e. The normalized spacial score (nSPS) is 18.8. The molecular formula is C11H11FN4O3S2. The number of halogens is 1. The molecule has 2 rings (SSSR count). The standard InChI is InChI=1S/C11H11FN4O3S2/c1-20-11-14-4-8(3-13)10(15-11)16-5-7(2-9(16)17)6-21(12,18)19/h4,7H,2,5-6H2,1H3. The predicted molar refractivity (Wildman–Crippen MR) is 73.9 cm³/mol. The molecule has 1 atom stereocenters. The van der Waals surface area contributed by atoms with Gasteiger partial charge in [0.1, 0.15) is 11.6 Å². The third-order valence-corrected chi connectivity index (χ3v) is 4.38. The van der Waals surface area contributed by atoms with Crippen LogP contribution >= 0.6 is 11.8 Å². The van der Waals surface area contributed by atoms with E-state index in [1.807, 2.05) is 6.07 Å². The minimum absolute atomic E-state index is 0.0154. The molecular weight excluding hydrogens is 319 g/mol. The number of anilines is 1. The van der Waals surface area contributed by atoms with E-state index >= 15 is 0 Å². The number of rotatable bonds is 4. The Kier molecular flexibility index (Phi) is 4.43. The van der Waals surface area contributed by atoms with Gasteiger partial charge < -0.3 is 0 Å². The molecule has 0 bridgehead atoms. The second-order valence-electron chi connectivity index (χ2n) is 4.49. The summed E-state index contributed by atoms with van der Waals surface area (Å²) < 4.78 is 34.1. The fourth-order valence-electron chi connectivity index (χ4n) is 2.12. The smallest absolute Gasteiger partial charge is 0.295 e. The molecule has 1 amide bonds. The van der Waals surface area contributed by atoms with Crippen LogP contribution in [0.15, 0.2) is 11.4 Å². The van der Waals surface area contributed by atoms with Gasteiger partial charge in [-0.05, 0) is 6.26 Å². The van der Waals surface area contributed by atoms with E-state index < -0.39 is 21.9 Å². The maximum absolute atomic E-state index is 12.7. The van der Waals surface area contributed by atoms with Crippen molar-refractivity contribution in [2.24, 2.45) is 5.92 Å². The molecule has 0 aliphatic carbocycles. The largest absolute Gasteiger partial charge is 0.302 e. The van der Waals surface area contributed by atoms with E-state index in [0.717, 1.165) is 0 Å². The maximum atomic E-state index is 12.7. The van der Waals surface area contributed by atoms with Gasteiger partial charge in [-0.25, -0.2) is 9.97 Å². The van der Waals surface area contributed by atoms with Gasteiger partial charge in [-0.3, -0.25) is 9.69 Å². The lowest BCUT2D eigenvalue weighted by atomic mass is 10.1. The summed E-state index contributed by atoms with van der Waals surface area (Å²) in [6, 6.07) is 1.89. The van der Waals surface area contributed by atoms with Crippen molar-refractivity contribution in [1.82, 2.24) is 9.97 Å². The topological polar surface area (TPSA) is 104 Å². The van der Waals surface area contributed by atoms with E-state index in [1.54, 1.807) is 6.26 Å². The number of aromatic nitrogens is 2. The van der Waals surface area contributed by atoms with Gasteiger partial charge in [0.2, 0.25) is 5.91 Å². The number of carbonyl (C=O) groups is 1. The first-order valence-corrected chi connectivity index (χ1v) is 8.65. The van der Waals surface area contributed by atoms with E-state index in [0.29, 0.717) is 5.16 Å². The molecule has 0 saturated carbocycles. The summed E-state index contributed by atoms with van der Waals surface area (Å²) in [4.78, 5) is 21.2. The Morgan fingerprint density at radius 3 is 2.90 bits per heavy atom. The van der Waals surface area contributed by atoms with Gasteiger partial charge in [0.15, 0.2) is 11.0 Å². The summed E-state index contributed by atoms with van der Waals surface area (Å²) in [7, 11) is -4.65. The van der Waals surface area contributed by atoms with Crippen LogP contribution in [0.25, 0.3) is 0 Å². The molecule has 1 fully saturated rings. The average Bonchev–Trinajstić information content (AvgIpc) is 2.76. The molecule has 1 aromatic rings. The SMILES string of the molecule is CSc1ncc(C#N)c(N2CC(CS(=O)(=O)F)CC2=O)n1. The first-order valence-electron chi connectivity index (χ1n) is 5.88. The quantitative estimate of drug-likeness (QED) is 0.455. The number of thioether (sulfide) groups is 1. The lowest BCUT2D eigenvalue weighted by molar-refractivity contribution is -0.117. The van der Waals surface area contributed by atoms with E-state index in [-0.39, 0.29) is 30.3 Å². The van der Waals surface area contributed by atoms with Gasteiger partial charge in [0.25, 0.3) is 0 Å². The second-order valence-corrected chi connectivity index (χ2v) is 6.67. The Morgan fingerprint density at radius 2 is 2.33 bits per heavy atom. The fraction of sp³-hybridized carbons (Fsp3) is 0.455. The molecule has 7 nitrogen and oxygen atoms in total. The van der Waals surface area contributed by atoms with E-state index in [2.05, 4.69) is 9.97 Å². The fourth-order valence-corrected chi connectivity index (χ4v) is 3.24. The summed E-state index contributed by atoms with van der Waals surface area (Å²) in [5.41, 5.74) is 0.116. The number of amides is 1. The number of nitriles is 1. The van der Waals surface area contributed by atoms with E-state index in [9.17, 15) is 17.1 Å². The molecule has 0 spiro atoms. The van der Waals surface area contributed by atoms with Crippen LogP contribution in [0.3, 0.4) is 0 Å².